The third-order valence-electron chi connectivity index (χ3n) is 5.06. The molecule has 9 heteroatoms. The van der Waals surface area contributed by atoms with Crippen molar-refractivity contribution in [2.75, 3.05) is 34.4 Å². The molecule has 1 aliphatic heterocycles. The molecule has 1 fully saturated rings. The number of sulfonamides is 1. The summed E-state index contributed by atoms with van der Waals surface area (Å²) in [5, 5.41) is -0.232. The zero-order valence-corrected chi connectivity index (χ0v) is 20.7. The van der Waals surface area contributed by atoms with E-state index in [-0.39, 0.29) is 16.2 Å². The van der Waals surface area contributed by atoms with Crippen LogP contribution in [0.5, 0.6) is 0 Å². The lowest BCUT2D eigenvalue weighted by molar-refractivity contribution is -0.115. The first-order chi connectivity index (χ1) is 15.2. The van der Waals surface area contributed by atoms with E-state index in [0.29, 0.717) is 11.4 Å². The van der Waals surface area contributed by atoms with Crippen LogP contribution >= 0.6 is 27.7 Å². The molecule has 1 N–H and O–H groups in total. The molecule has 1 saturated heterocycles. The van der Waals surface area contributed by atoms with Crippen LogP contribution in [-0.2, 0) is 14.8 Å². The lowest BCUT2D eigenvalue weighted by Crippen LogP contribution is -2.27. The van der Waals surface area contributed by atoms with Crippen molar-refractivity contribution in [2.24, 2.45) is 0 Å². The molecule has 0 aliphatic carbocycles. The fourth-order valence-electron chi connectivity index (χ4n) is 3.44. The van der Waals surface area contributed by atoms with Crippen LogP contribution in [0.4, 0.5) is 17.1 Å². The zero-order chi connectivity index (χ0) is 22.9. The quantitative estimate of drug-likeness (QED) is 0.479. The van der Waals surface area contributed by atoms with Crippen LogP contribution in [0.2, 0.25) is 0 Å². The zero-order valence-electron chi connectivity index (χ0n) is 17.5. The molecule has 0 bridgehead atoms. The summed E-state index contributed by atoms with van der Waals surface area (Å²) in [4.78, 5) is 16.6. The van der Waals surface area contributed by atoms with Gasteiger partial charge < -0.3 is 4.90 Å². The number of nitrogens with zero attached hydrogens (tertiary/aromatic N) is 2. The predicted octanol–water partition coefficient (Wildman–Crippen LogP) is 5.09. The molecular weight excluding hydrogens is 510 g/mol. The number of hydrogen-bond acceptors (Lipinski definition) is 5. The molecule has 3 aromatic carbocycles. The smallest absolute Gasteiger partial charge is 0.261 e. The van der Waals surface area contributed by atoms with Crippen LogP contribution in [0, 0.1) is 0 Å². The van der Waals surface area contributed by atoms with Crippen molar-refractivity contribution in [1.82, 2.24) is 0 Å². The average molecular weight is 532 g/mol. The normalized spacial score (nSPS) is 16.3. The van der Waals surface area contributed by atoms with Crippen LogP contribution < -0.4 is 14.5 Å². The molecule has 1 heterocycles. The number of benzene rings is 3. The highest BCUT2D eigenvalue weighted by atomic mass is 79.9. The van der Waals surface area contributed by atoms with Gasteiger partial charge in [0.1, 0.15) is 5.37 Å². The third-order valence-corrected chi connectivity index (χ3v) is 8.20. The highest BCUT2D eigenvalue weighted by Gasteiger charge is 2.34. The van der Waals surface area contributed by atoms with Gasteiger partial charge in [0, 0.05) is 35.6 Å². The van der Waals surface area contributed by atoms with E-state index in [0.717, 1.165) is 21.4 Å². The maximum Gasteiger partial charge on any atom is 0.261 e. The Morgan fingerprint density at radius 3 is 2.38 bits per heavy atom. The van der Waals surface area contributed by atoms with Crippen LogP contribution in [0.15, 0.2) is 82.2 Å². The van der Waals surface area contributed by atoms with Crippen LogP contribution in [0.1, 0.15) is 10.9 Å². The molecule has 0 radical (unpaired) electrons. The van der Waals surface area contributed by atoms with E-state index in [4.69, 9.17) is 0 Å². The van der Waals surface area contributed by atoms with Gasteiger partial charge in [0.2, 0.25) is 5.91 Å². The van der Waals surface area contributed by atoms with Crippen molar-refractivity contribution >= 4 is 60.7 Å². The number of carbonyl (C=O) groups excluding carboxylic acids is 1. The predicted molar refractivity (Wildman–Crippen MR) is 135 cm³/mol. The average Bonchev–Trinajstić information content (AvgIpc) is 3.15. The number of anilines is 3. The lowest BCUT2D eigenvalue weighted by atomic mass is 10.1. The van der Waals surface area contributed by atoms with E-state index in [1.54, 1.807) is 47.4 Å². The molecule has 1 aliphatic rings. The van der Waals surface area contributed by atoms with Gasteiger partial charge in [-0.2, -0.15) is 0 Å². The van der Waals surface area contributed by atoms with Crippen LogP contribution in [0.25, 0.3) is 0 Å². The number of rotatable bonds is 6. The summed E-state index contributed by atoms with van der Waals surface area (Å²) in [5.74, 6) is 0.396. The molecule has 6 nitrogen and oxygen atoms in total. The summed E-state index contributed by atoms with van der Waals surface area (Å²) >= 11 is 4.84. The third kappa shape index (κ3) is 4.79. The van der Waals surface area contributed by atoms with Crippen molar-refractivity contribution in [3.8, 4) is 0 Å². The van der Waals surface area contributed by atoms with E-state index in [1.807, 2.05) is 49.3 Å². The Bertz CT molecular complexity index is 1230. The summed E-state index contributed by atoms with van der Waals surface area (Å²) in [5.41, 5.74) is 3.17. The van der Waals surface area contributed by atoms with Crippen molar-refractivity contribution in [2.45, 2.75) is 10.3 Å². The summed E-state index contributed by atoms with van der Waals surface area (Å²) in [6.45, 7) is 0. The number of nitrogens with one attached hydrogen (secondary N) is 1. The minimum Gasteiger partial charge on any atom is -0.378 e. The minimum absolute atomic E-state index is 0.0263. The van der Waals surface area contributed by atoms with Gasteiger partial charge in [0.25, 0.3) is 10.0 Å². The van der Waals surface area contributed by atoms with E-state index in [2.05, 4.69) is 20.7 Å². The topological polar surface area (TPSA) is 69.7 Å². The van der Waals surface area contributed by atoms with Crippen LogP contribution in [-0.4, -0.2) is 34.2 Å². The minimum atomic E-state index is -3.72. The molecule has 0 aromatic heterocycles. The van der Waals surface area contributed by atoms with E-state index in [9.17, 15) is 13.2 Å². The first kappa shape index (κ1) is 22.7. The maximum atomic E-state index is 12.8. The standard InChI is InChI=1S/C23H22BrN3O3S2/c1-26(2)19-8-10-20(11-9-19)27-22(28)15-31-23(27)16-4-3-5-18(14-16)25-32(29,30)21-12-6-17(24)7-13-21/h3-14,23,25H,15H2,1-2H3. The number of amides is 1. The van der Waals surface area contributed by atoms with Gasteiger partial charge >= 0.3 is 0 Å². The Hall–Kier alpha value is -2.49. The van der Waals surface area contributed by atoms with Gasteiger partial charge in [-0.1, -0.05) is 28.1 Å². The Morgan fingerprint density at radius 2 is 1.72 bits per heavy atom. The van der Waals surface area contributed by atoms with Gasteiger partial charge in [0.05, 0.1) is 10.6 Å². The molecule has 1 unspecified atom stereocenters. The monoisotopic (exact) mass is 531 g/mol. The summed E-state index contributed by atoms with van der Waals surface area (Å²) < 4.78 is 29.0. The van der Waals surface area contributed by atoms with Gasteiger partial charge in [-0.05, 0) is 66.2 Å². The number of carbonyl (C=O) groups is 1. The summed E-state index contributed by atoms with van der Waals surface area (Å²) in [6, 6.07) is 21.5. The van der Waals surface area contributed by atoms with Crippen molar-refractivity contribution in [3.63, 3.8) is 0 Å². The van der Waals surface area contributed by atoms with Gasteiger partial charge in [-0.15, -0.1) is 11.8 Å². The molecule has 32 heavy (non-hydrogen) atoms. The highest BCUT2D eigenvalue weighted by Crippen LogP contribution is 2.42. The Morgan fingerprint density at radius 1 is 1.03 bits per heavy atom. The summed E-state index contributed by atoms with van der Waals surface area (Å²) in [6.07, 6.45) is 0. The first-order valence-electron chi connectivity index (χ1n) is 9.84. The number of halogens is 1. The Balaban J connectivity index is 1.60. The molecular formula is C23H22BrN3O3S2. The molecule has 166 valence electrons. The molecule has 1 atom stereocenters. The second kappa shape index (κ2) is 9.17. The molecule has 4 rings (SSSR count). The Kier molecular flexibility index (Phi) is 6.50. The fraction of sp³-hybridized carbons (Fsp3) is 0.174. The molecule has 1 amide bonds. The lowest BCUT2D eigenvalue weighted by Gasteiger charge is -2.25. The molecule has 3 aromatic rings. The number of hydrogen-bond donors (Lipinski definition) is 1. The second-order valence-corrected chi connectivity index (χ2v) is 11.2. The molecule has 0 saturated carbocycles. The second-order valence-electron chi connectivity index (χ2n) is 7.52. The van der Waals surface area contributed by atoms with Gasteiger partial charge in [-0.3, -0.25) is 14.4 Å². The van der Waals surface area contributed by atoms with Gasteiger partial charge in [0.15, 0.2) is 0 Å². The fourth-order valence-corrected chi connectivity index (χ4v) is 5.93. The van der Waals surface area contributed by atoms with Crippen molar-refractivity contribution < 1.29 is 13.2 Å². The summed E-state index contributed by atoms with van der Waals surface area (Å²) in [7, 11) is 0.213. The van der Waals surface area contributed by atoms with Crippen molar-refractivity contribution in [1.29, 1.82) is 0 Å². The first-order valence-corrected chi connectivity index (χ1v) is 13.2. The molecule has 0 spiro atoms. The number of thioether (sulfide) groups is 1. The van der Waals surface area contributed by atoms with Crippen molar-refractivity contribution in [3.05, 3.63) is 82.8 Å². The largest absolute Gasteiger partial charge is 0.378 e. The van der Waals surface area contributed by atoms with E-state index in [1.165, 1.54) is 11.8 Å². The maximum absolute atomic E-state index is 12.8. The highest BCUT2D eigenvalue weighted by molar-refractivity contribution is 9.10. The van der Waals surface area contributed by atoms with Gasteiger partial charge in [-0.25, -0.2) is 8.42 Å². The Labute approximate surface area is 200 Å². The van der Waals surface area contributed by atoms with E-state index < -0.39 is 10.0 Å². The van der Waals surface area contributed by atoms with Crippen LogP contribution in [0.3, 0.4) is 0 Å². The van der Waals surface area contributed by atoms with E-state index >= 15 is 0 Å². The SMILES string of the molecule is CN(C)c1ccc(N2C(=O)CSC2c2cccc(NS(=O)(=O)c3ccc(Br)cc3)c2)cc1.